The quantitative estimate of drug-likeness (QED) is 0.186. The van der Waals surface area contributed by atoms with Gasteiger partial charge < -0.3 is 18.9 Å². The number of carbonyl (C=O) groups is 5. The molecule has 1 N–H and O–H groups in total. The molecule has 1 aromatic heterocycles. The van der Waals surface area contributed by atoms with Crippen molar-refractivity contribution in [2.75, 3.05) is 12.0 Å². The molecule has 0 fully saturated rings. The first kappa shape index (κ1) is 30.3. The number of hydrogen-bond donors (Lipinski definition) is 1. The van der Waals surface area contributed by atoms with Crippen LogP contribution in [0.3, 0.4) is 0 Å². The van der Waals surface area contributed by atoms with E-state index in [0.29, 0.717) is 5.56 Å². The van der Waals surface area contributed by atoms with Crippen molar-refractivity contribution >= 4 is 41.9 Å². The summed E-state index contributed by atoms with van der Waals surface area (Å²) in [4.78, 5) is 75.8. The Kier molecular flexibility index (Phi) is 11.0. The molecule has 14 heteroatoms. The Bertz CT molecular complexity index is 1310. The Morgan fingerprint density at radius 2 is 1.54 bits per heavy atom. The van der Waals surface area contributed by atoms with Gasteiger partial charge >= 0.3 is 23.9 Å². The largest absolute Gasteiger partial charge is 0.462 e. The van der Waals surface area contributed by atoms with E-state index >= 15 is 0 Å². The molecule has 0 spiro atoms. The van der Waals surface area contributed by atoms with E-state index in [1.54, 1.807) is 30.3 Å². The third-order valence-electron chi connectivity index (χ3n) is 4.75. The van der Waals surface area contributed by atoms with Crippen LogP contribution in [0.15, 0.2) is 46.3 Å². The van der Waals surface area contributed by atoms with Gasteiger partial charge in [0.05, 0.1) is 11.9 Å². The summed E-state index contributed by atoms with van der Waals surface area (Å²) in [5.41, 5.74) is 2.63. The van der Waals surface area contributed by atoms with Crippen LogP contribution in [0, 0.1) is 0 Å². The summed E-state index contributed by atoms with van der Waals surface area (Å²) >= 11 is 0. The first-order chi connectivity index (χ1) is 18.4. The fourth-order valence-electron chi connectivity index (χ4n) is 3.32. The van der Waals surface area contributed by atoms with Gasteiger partial charge in [-0.3, -0.25) is 28.8 Å². The van der Waals surface area contributed by atoms with Gasteiger partial charge in [0.2, 0.25) is 11.9 Å². The average Bonchev–Trinajstić information content (AvgIpc) is 2.84. The van der Waals surface area contributed by atoms with Crippen molar-refractivity contribution in [2.24, 2.45) is 5.10 Å². The van der Waals surface area contributed by atoms with E-state index in [2.05, 4.69) is 15.5 Å². The normalized spacial score (nSPS) is 13.1. The van der Waals surface area contributed by atoms with Crippen LogP contribution in [0.1, 0.15) is 39.4 Å². The molecule has 2 aromatic rings. The lowest BCUT2D eigenvalue weighted by Crippen LogP contribution is -2.48. The molecule has 0 radical (unpaired) electrons. The monoisotopic (exact) mass is 544 g/mol. The van der Waals surface area contributed by atoms with E-state index < -0.39 is 60.3 Å². The average molecular weight is 545 g/mol. The Balaban J connectivity index is 2.49. The smallest absolute Gasteiger partial charge is 0.303 e. The minimum absolute atomic E-state index is 0.251. The van der Waals surface area contributed by atoms with E-state index in [-0.39, 0.29) is 11.6 Å². The summed E-state index contributed by atoms with van der Waals surface area (Å²) in [6, 6.07) is 9.88. The minimum Gasteiger partial charge on any atom is -0.462 e. The number of carbonyl (C=O) groups excluding carboxylic acids is 5. The van der Waals surface area contributed by atoms with Crippen molar-refractivity contribution in [1.29, 1.82) is 0 Å². The predicted octanol–water partition coefficient (Wildman–Crippen LogP) is 1.33. The molecule has 0 saturated heterocycles. The molecule has 39 heavy (non-hydrogen) atoms. The molecule has 208 valence electrons. The molecular formula is C25H28N4O10. The molecule has 0 bridgehead atoms. The maximum absolute atomic E-state index is 12.7. The maximum atomic E-state index is 12.7. The van der Waals surface area contributed by atoms with Crippen molar-refractivity contribution in [3.63, 3.8) is 0 Å². The summed E-state index contributed by atoms with van der Waals surface area (Å²) in [5.74, 6) is -4.07. The van der Waals surface area contributed by atoms with Crippen LogP contribution in [0.5, 0.6) is 0 Å². The van der Waals surface area contributed by atoms with Crippen LogP contribution < -0.4 is 11.0 Å². The molecular weight excluding hydrogens is 516 g/mol. The lowest BCUT2D eigenvalue weighted by Gasteiger charge is -2.29. The molecule has 0 aliphatic carbocycles. The van der Waals surface area contributed by atoms with Crippen molar-refractivity contribution in [2.45, 2.75) is 52.9 Å². The Labute approximate surface area is 222 Å². The molecule has 0 amide bonds. The number of aromatic nitrogens is 2. The van der Waals surface area contributed by atoms with Gasteiger partial charge in [0.1, 0.15) is 6.61 Å². The number of anilines is 1. The summed E-state index contributed by atoms with van der Waals surface area (Å²) in [6.45, 7) is 4.95. The molecule has 1 aromatic carbocycles. The highest BCUT2D eigenvalue weighted by Crippen LogP contribution is 2.17. The van der Waals surface area contributed by atoms with Gasteiger partial charge in [0.15, 0.2) is 18.3 Å². The molecule has 0 aliphatic heterocycles. The lowest BCUT2D eigenvalue weighted by atomic mass is 10.1. The molecule has 0 unspecified atom stereocenters. The second-order valence-corrected chi connectivity index (χ2v) is 8.01. The van der Waals surface area contributed by atoms with E-state index in [9.17, 15) is 28.8 Å². The molecule has 3 atom stereocenters. The first-order valence-electron chi connectivity index (χ1n) is 11.5. The fraction of sp³-hybridized carbons (Fsp3) is 0.360. The predicted molar refractivity (Wildman–Crippen MR) is 136 cm³/mol. The molecule has 1 heterocycles. The molecule has 0 saturated carbocycles. The zero-order valence-corrected chi connectivity index (χ0v) is 21.9. The number of hydrogen-bond acceptors (Lipinski definition) is 13. The van der Waals surface area contributed by atoms with Crippen molar-refractivity contribution < 1.29 is 42.9 Å². The second kappa shape index (κ2) is 14.2. The highest BCUT2D eigenvalue weighted by Gasteiger charge is 2.37. The Morgan fingerprint density at radius 3 is 2.08 bits per heavy atom. The first-order valence-corrected chi connectivity index (χ1v) is 11.5. The van der Waals surface area contributed by atoms with Crippen LogP contribution in [0.2, 0.25) is 0 Å². The highest BCUT2D eigenvalue weighted by molar-refractivity contribution is 5.80. The third kappa shape index (κ3) is 9.50. The number of benzene rings is 1. The molecule has 14 nitrogen and oxygen atoms in total. The van der Waals surface area contributed by atoms with Crippen LogP contribution in [-0.2, 0) is 38.1 Å². The van der Waals surface area contributed by atoms with Crippen molar-refractivity contribution in [3.8, 4) is 11.3 Å². The van der Waals surface area contributed by atoms with Gasteiger partial charge in [-0.05, 0) is 0 Å². The van der Waals surface area contributed by atoms with Gasteiger partial charge in [-0.25, -0.2) is 15.0 Å². The Morgan fingerprint density at radius 1 is 0.923 bits per heavy atom. The summed E-state index contributed by atoms with van der Waals surface area (Å²) < 4.78 is 21.3. The number of rotatable bonds is 11. The standard InChI is InChI=1S/C25H28N4O10/c1-14(30)29-23(35)11-20(19-9-7-6-8-10-19)27-25(29)28-26-12-21(37-16(3)32)24(39-18(5)34)22(38-17(4)33)13-36-15(2)31/h6-12,21-22,24H,13H2,1-5H3,(H,27,28)/b26-12+/t21-,22+,24-/m0/s1. The topological polar surface area (TPSA) is 182 Å². The van der Waals surface area contributed by atoms with E-state index in [4.69, 9.17) is 18.9 Å². The highest BCUT2D eigenvalue weighted by atomic mass is 16.6. The van der Waals surface area contributed by atoms with Crippen LogP contribution >= 0.6 is 0 Å². The van der Waals surface area contributed by atoms with Crippen LogP contribution in [0.25, 0.3) is 11.3 Å². The van der Waals surface area contributed by atoms with Crippen molar-refractivity contribution in [1.82, 2.24) is 9.55 Å². The van der Waals surface area contributed by atoms with E-state index in [1.807, 2.05) is 0 Å². The summed E-state index contributed by atoms with van der Waals surface area (Å²) in [7, 11) is 0. The fourth-order valence-corrected chi connectivity index (χ4v) is 3.32. The van der Waals surface area contributed by atoms with E-state index in [1.165, 1.54) is 6.07 Å². The van der Waals surface area contributed by atoms with Gasteiger partial charge in [0, 0.05) is 46.2 Å². The third-order valence-corrected chi connectivity index (χ3v) is 4.75. The van der Waals surface area contributed by atoms with Crippen molar-refractivity contribution in [3.05, 3.63) is 46.8 Å². The van der Waals surface area contributed by atoms with E-state index in [0.717, 1.165) is 45.4 Å². The number of ether oxygens (including phenoxy) is 4. The molecule has 2 rings (SSSR count). The van der Waals surface area contributed by atoms with Gasteiger partial charge in [-0.1, -0.05) is 30.3 Å². The van der Waals surface area contributed by atoms with Gasteiger partial charge in [-0.15, -0.1) is 0 Å². The number of nitrogens with one attached hydrogen (secondary N) is 1. The van der Waals surface area contributed by atoms with Crippen LogP contribution in [-0.4, -0.2) is 70.5 Å². The number of esters is 4. The zero-order valence-electron chi connectivity index (χ0n) is 21.9. The number of hydrazone groups is 1. The Hall–Kier alpha value is -4.88. The van der Waals surface area contributed by atoms with Gasteiger partial charge in [-0.2, -0.15) is 5.10 Å². The SMILES string of the molecule is CC(=O)OC[C@@H](OC(C)=O)[C@@H](OC(C)=O)[C@H](/C=N/Nc1nc(-c2ccccc2)cc(=O)n1C(C)=O)OC(C)=O. The molecule has 0 aliphatic rings. The zero-order chi connectivity index (χ0) is 29.1. The number of nitrogens with zero attached hydrogens (tertiary/aromatic N) is 3. The summed E-state index contributed by atoms with van der Waals surface area (Å²) in [6.07, 6.45) is -3.39. The minimum atomic E-state index is -1.50. The van der Waals surface area contributed by atoms with Gasteiger partial charge in [0.25, 0.3) is 5.56 Å². The lowest BCUT2D eigenvalue weighted by molar-refractivity contribution is -0.183. The summed E-state index contributed by atoms with van der Waals surface area (Å²) in [5, 5.41) is 3.93. The maximum Gasteiger partial charge on any atom is 0.303 e. The van der Waals surface area contributed by atoms with Crippen LogP contribution in [0.4, 0.5) is 5.95 Å². The second-order valence-electron chi connectivity index (χ2n) is 8.01.